The Bertz CT molecular complexity index is 1600. The Morgan fingerprint density at radius 2 is 1.74 bits per heavy atom. The summed E-state index contributed by atoms with van der Waals surface area (Å²) in [6.07, 6.45) is 1.39. The van der Waals surface area contributed by atoms with Crippen molar-refractivity contribution in [2.45, 2.75) is 36.8 Å². The molecule has 0 bridgehead atoms. The zero-order valence-corrected chi connectivity index (χ0v) is 20.6. The summed E-state index contributed by atoms with van der Waals surface area (Å²) in [5, 5.41) is 17.6. The minimum atomic E-state index is -1.57. The molecule has 9 nitrogen and oxygen atoms in total. The number of benzene rings is 3. The molecule has 2 N–H and O–H groups in total. The van der Waals surface area contributed by atoms with E-state index < -0.39 is 33.7 Å². The van der Waals surface area contributed by atoms with Crippen LogP contribution in [-0.4, -0.2) is 40.0 Å². The van der Waals surface area contributed by atoms with Gasteiger partial charge in [-0.25, -0.2) is 0 Å². The smallest absolute Gasteiger partial charge is 0.270 e. The first-order valence-corrected chi connectivity index (χ1v) is 12.7. The Morgan fingerprint density at radius 3 is 2.55 bits per heavy atom. The number of nitrogens with one attached hydrogen (secondary N) is 2. The summed E-state index contributed by atoms with van der Waals surface area (Å²) in [6, 6.07) is 18.2. The van der Waals surface area contributed by atoms with Crippen molar-refractivity contribution in [3.05, 3.63) is 99.1 Å². The van der Waals surface area contributed by atoms with Gasteiger partial charge >= 0.3 is 0 Å². The maximum absolute atomic E-state index is 14.5. The third-order valence-electron chi connectivity index (χ3n) is 8.88. The number of anilines is 2. The summed E-state index contributed by atoms with van der Waals surface area (Å²) in [4.78, 5) is 56.4. The number of hydrogen-bond donors (Lipinski definition) is 2. The van der Waals surface area contributed by atoms with Crippen LogP contribution in [-0.2, 0) is 20.5 Å². The molecule has 7 rings (SSSR count). The van der Waals surface area contributed by atoms with Crippen molar-refractivity contribution >= 4 is 34.7 Å². The van der Waals surface area contributed by atoms with Gasteiger partial charge in [0.2, 0.25) is 5.91 Å². The molecule has 0 saturated carbocycles. The number of para-hydroxylation sites is 1. The SMILES string of the molecule is Cc1ccc2c(c1)[C@]1(C(=O)N2)N2CCC[C@@H]2[C@@H](C(=O)c2cccc([N+](=O)[O-])c2)[C@]12C(=O)Nc1ccccc12. The molecule has 9 heteroatoms. The lowest BCUT2D eigenvalue weighted by Crippen LogP contribution is -2.62. The Morgan fingerprint density at radius 1 is 0.974 bits per heavy atom. The van der Waals surface area contributed by atoms with Crippen LogP contribution in [0.15, 0.2) is 66.7 Å². The van der Waals surface area contributed by atoms with Gasteiger partial charge in [0.1, 0.15) is 11.0 Å². The minimum Gasteiger partial charge on any atom is -0.325 e. The highest BCUT2D eigenvalue weighted by Gasteiger charge is 2.81. The molecule has 4 atom stereocenters. The van der Waals surface area contributed by atoms with Gasteiger partial charge in [-0.2, -0.15) is 0 Å². The minimum absolute atomic E-state index is 0.160. The van der Waals surface area contributed by atoms with Gasteiger partial charge in [0.25, 0.3) is 11.6 Å². The van der Waals surface area contributed by atoms with Gasteiger partial charge in [0.15, 0.2) is 5.78 Å². The second-order valence-corrected chi connectivity index (χ2v) is 10.6. The third-order valence-corrected chi connectivity index (χ3v) is 8.88. The van der Waals surface area contributed by atoms with E-state index in [-0.39, 0.29) is 22.9 Å². The zero-order valence-electron chi connectivity index (χ0n) is 20.6. The first-order chi connectivity index (χ1) is 18.3. The predicted octanol–water partition coefficient (Wildman–Crippen LogP) is 3.92. The van der Waals surface area contributed by atoms with E-state index in [2.05, 4.69) is 15.5 Å². The molecule has 2 fully saturated rings. The summed E-state index contributed by atoms with van der Waals surface area (Å²) in [5.41, 5.74) is 0.375. The van der Waals surface area contributed by atoms with Crippen molar-refractivity contribution in [2.24, 2.45) is 5.92 Å². The standard InChI is InChI=1S/C29H24N4O5/c1-16-11-12-22-20(14-16)29(27(36)31-22)28(19-8-2-3-9-21(19)30-26(28)35)24(23-10-5-13-32(23)29)25(34)17-6-4-7-18(15-17)33(37)38/h2-4,6-9,11-12,14-15,23-24H,5,10,13H2,1H3,(H,30,35)(H,31,36)/t23-,24+,28-,29-/m1/s1. The molecule has 190 valence electrons. The molecule has 3 aromatic rings. The van der Waals surface area contributed by atoms with Crippen molar-refractivity contribution in [3.8, 4) is 0 Å². The maximum Gasteiger partial charge on any atom is 0.270 e. The van der Waals surface area contributed by atoms with Crippen LogP contribution in [0.4, 0.5) is 17.1 Å². The van der Waals surface area contributed by atoms with Crippen molar-refractivity contribution in [1.29, 1.82) is 0 Å². The number of carbonyl (C=O) groups is 3. The van der Waals surface area contributed by atoms with E-state index in [0.717, 1.165) is 12.0 Å². The average molecular weight is 509 g/mol. The molecule has 0 aromatic heterocycles. The second kappa shape index (κ2) is 7.58. The summed E-state index contributed by atoms with van der Waals surface area (Å²) >= 11 is 0. The lowest BCUT2D eigenvalue weighted by atomic mass is 9.57. The first-order valence-electron chi connectivity index (χ1n) is 12.7. The van der Waals surface area contributed by atoms with Gasteiger partial charge < -0.3 is 10.6 Å². The lowest BCUT2D eigenvalue weighted by molar-refractivity contribution is -0.384. The van der Waals surface area contributed by atoms with Crippen molar-refractivity contribution in [1.82, 2.24) is 4.90 Å². The number of non-ortho nitro benzene ring substituents is 1. The van der Waals surface area contributed by atoms with Crippen molar-refractivity contribution in [3.63, 3.8) is 0 Å². The summed E-state index contributed by atoms with van der Waals surface area (Å²) in [7, 11) is 0. The molecule has 4 heterocycles. The number of fused-ring (bicyclic) bond motifs is 7. The average Bonchev–Trinajstić information content (AvgIpc) is 3.62. The summed E-state index contributed by atoms with van der Waals surface area (Å²) in [5.74, 6) is -2.04. The fourth-order valence-corrected chi connectivity index (χ4v) is 7.64. The van der Waals surface area contributed by atoms with Crippen LogP contribution in [0.25, 0.3) is 0 Å². The molecule has 38 heavy (non-hydrogen) atoms. The highest BCUT2D eigenvalue weighted by Crippen LogP contribution is 2.67. The summed E-state index contributed by atoms with van der Waals surface area (Å²) in [6.45, 7) is 2.48. The van der Waals surface area contributed by atoms with Gasteiger partial charge in [-0.3, -0.25) is 29.4 Å². The van der Waals surface area contributed by atoms with Crippen LogP contribution < -0.4 is 10.6 Å². The molecule has 0 unspecified atom stereocenters. The summed E-state index contributed by atoms with van der Waals surface area (Å²) < 4.78 is 0. The topological polar surface area (TPSA) is 122 Å². The number of nitrogens with zero attached hydrogens (tertiary/aromatic N) is 2. The molecule has 2 amide bonds. The molecule has 4 aliphatic heterocycles. The van der Waals surface area contributed by atoms with Gasteiger partial charge in [-0.15, -0.1) is 0 Å². The van der Waals surface area contributed by atoms with Crippen LogP contribution in [0.5, 0.6) is 0 Å². The van der Waals surface area contributed by atoms with Gasteiger partial charge in [0, 0.05) is 40.7 Å². The van der Waals surface area contributed by atoms with E-state index in [1.807, 2.05) is 43.3 Å². The van der Waals surface area contributed by atoms with Gasteiger partial charge in [-0.1, -0.05) is 48.0 Å². The first kappa shape index (κ1) is 22.8. The largest absolute Gasteiger partial charge is 0.325 e. The highest BCUT2D eigenvalue weighted by atomic mass is 16.6. The number of carbonyl (C=O) groups excluding carboxylic acids is 3. The van der Waals surface area contributed by atoms with Crippen molar-refractivity contribution < 1.29 is 19.3 Å². The molecule has 0 radical (unpaired) electrons. The molecule has 0 aliphatic carbocycles. The quantitative estimate of drug-likeness (QED) is 0.314. The van der Waals surface area contributed by atoms with E-state index in [1.54, 1.807) is 12.1 Å². The highest BCUT2D eigenvalue weighted by molar-refractivity contribution is 6.21. The number of aryl methyl sites for hydroxylation is 1. The zero-order chi connectivity index (χ0) is 26.4. The van der Waals surface area contributed by atoms with Crippen LogP contribution >= 0.6 is 0 Å². The number of hydrogen-bond acceptors (Lipinski definition) is 6. The second-order valence-electron chi connectivity index (χ2n) is 10.6. The molecule has 4 aliphatic rings. The molecule has 2 spiro atoms. The number of nitro groups is 1. The molecule has 2 saturated heterocycles. The van der Waals surface area contributed by atoms with E-state index in [1.165, 1.54) is 18.2 Å². The predicted molar refractivity (Wildman–Crippen MR) is 139 cm³/mol. The van der Waals surface area contributed by atoms with Crippen LogP contribution in [0.1, 0.15) is 39.9 Å². The monoisotopic (exact) mass is 508 g/mol. The molecule has 3 aromatic carbocycles. The Balaban J connectivity index is 1.57. The van der Waals surface area contributed by atoms with Gasteiger partial charge in [-0.05, 0) is 44.0 Å². The van der Waals surface area contributed by atoms with E-state index in [0.29, 0.717) is 35.5 Å². The lowest BCUT2D eigenvalue weighted by Gasteiger charge is -2.43. The maximum atomic E-state index is 14.5. The number of amides is 2. The number of nitro benzene ring substituents is 1. The molecular formula is C29H24N4O5. The third kappa shape index (κ3) is 2.51. The van der Waals surface area contributed by atoms with Crippen molar-refractivity contribution in [2.75, 3.05) is 17.2 Å². The fraction of sp³-hybridized carbons (Fsp3) is 0.276. The van der Waals surface area contributed by atoms with Gasteiger partial charge in [0.05, 0.1) is 10.8 Å². The normalized spacial score (nSPS) is 28.8. The van der Waals surface area contributed by atoms with Crippen LogP contribution in [0, 0.1) is 23.0 Å². The number of Topliss-reactive ketones (excluding diaryl/α,β-unsaturated/α-hetero) is 1. The molecular weight excluding hydrogens is 484 g/mol. The fourth-order valence-electron chi connectivity index (χ4n) is 7.64. The van der Waals surface area contributed by atoms with E-state index in [9.17, 15) is 24.5 Å². The van der Waals surface area contributed by atoms with E-state index >= 15 is 0 Å². The van der Waals surface area contributed by atoms with Crippen LogP contribution in [0.2, 0.25) is 0 Å². The Hall–Kier alpha value is -4.37. The Labute approximate surface area is 218 Å². The van der Waals surface area contributed by atoms with E-state index in [4.69, 9.17) is 0 Å². The Kier molecular flexibility index (Phi) is 4.55. The number of rotatable bonds is 3. The van der Waals surface area contributed by atoms with Crippen LogP contribution in [0.3, 0.4) is 0 Å². The number of ketones is 1.